The molecule has 14 nitrogen and oxygen atoms in total. The summed E-state index contributed by atoms with van der Waals surface area (Å²) in [7, 11) is -0.872. The maximum atomic E-state index is 13.4. The van der Waals surface area contributed by atoms with Gasteiger partial charge in [0.05, 0.1) is 37.5 Å². The molecular formula is C35H36N6O8S. The normalized spacial score (nSPS) is 11.4. The number of carboxylic acids is 1. The molecule has 260 valence electrons. The van der Waals surface area contributed by atoms with Crippen molar-refractivity contribution in [1.29, 1.82) is 0 Å². The molecule has 1 heterocycles. The highest BCUT2D eigenvalue weighted by molar-refractivity contribution is 7.92. The van der Waals surface area contributed by atoms with E-state index in [9.17, 15) is 23.1 Å². The third-order valence-corrected chi connectivity index (χ3v) is 7.96. The van der Waals surface area contributed by atoms with Gasteiger partial charge in [0.2, 0.25) is 21.9 Å². The third kappa shape index (κ3) is 8.30. The van der Waals surface area contributed by atoms with E-state index in [1.807, 2.05) is 45.0 Å². The Kier molecular flexibility index (Phi) is 9.99. The number of ether oxygens (including phenoxy) is 3. The molecule has 0 aliphatic rings. The van der Waals surface area contributed by atoms with Crippen LogP contribution in [0.2, 0.25) is 0 Å². The number of urea groups is 1. The molecule has 0 aliphatic heterocycles. The number of anilines is 5. The topological polar surface area (TPSA) is 190 Å². The van der Waals surface area contributed by atoms with Gasteiger partial charge in [-0.15, -0.1) is 0 Å². The van der Waals surface area contributed by atoms with Gasteiger partial charge in [-0.2, -0.15) is 4.98 Å². The second-order valence-corrected chi connectivity index (χ2v) is 13.9. The highest BCUT2D eigenvalue weighted by Crippen LogP contribution is 2.40. The standard InChI is InChI=1S/C35H36N6O8S/c1-35(2,3)20-17-26(31(48-5)27(18-20)41-50(6,45)46)39-34(44)38-25-13-14-28(23-10-8-7-9-22(23)25)49-30-15-16-36-33(40-30)37-21-11-12-24(32(42)43)29(19-21)47-4/h7-19,41H,1-6H3,(H,42,43)(H,36,37,40)(H2,38,39,44). The summed E-state index contributed by atoms with van der Waals surface area (Å²) in [6, 6.07) is 19.6. The van der Waals surface area contributed by atoms with Crippen molar-refractivity contribution < 1.29 is 37.3 Å². The van der Waals surface area contributed by atoms with Crippen LogP contribution in [-0.2, 0) is 15.4 Å². The zero-order valence-electron chi connectivity index (χ0n) is 28.1. The zero-order chi connectivity index (χ0) is 36.2. The molecule has 0 spiro atoms. The molecule has 0 radical (unpaired) electrons. The summed E-state index contributed by atoms with van der Waals surface area (Å²) >= 11 is 0. The number of hydrogen-bond donors (Lipinski definition) is 5. The van der Waals surface area contributed by atoms with Gasteiger partial charge in [0.25, 0.3) is 0 Å². The van der Waals surface area contributed by atoms with E-state index >= 15 is 0 Å². The van der Waals surface area contributed by atoms with Gasteiger partial charge in [0.1, 0.15) is 17.1 Å². The van der Waals surface area contributed by atoms with Crippen molar-refractivity contribution in [3.63, 3.8) is 0 Å². The second kappa shape index (κ2) is 14.2. The van der Waals surface area contributed by atoms with Crippen LogP contribution in [0.3, 0.4) is 0 Å². The van der Waals surface area contributed by atoms with Crippen LogP contribution >= 0.6 is 0 Å². The summed E-state index contributed by atoms with van der Waals surface area (Å²) in [5.74, 6) is 0.104. The summed E-state index contributed by atoms with van der Waals surface area (Å²) in [6.07, 6.45) is 2.55. The van der Waals surface area contributed by atoms with Crippen molar-refractivity contribution in [3.8, 4) is 23.1 Å². The summed E-state index contributed by atoms with van der Waals surface area (Å²) in [5.41, 5.74) is 1.87. The van der Waals surface area contributed by atoms with E-state index in [2.05, 4.69) is 30.6 Å². The predicted octanol–water partition coefficient (Wildman–Crippen LogP) is 7.19. The summed E-state index contributed by atoms with van der Waals surface area (Å²) in [6.45, 7) is 5.91. The molecule has 0 saturated heterocycles. The van der Waals surface area contributed by atoms with Crippen molar-refractivity contribution in [3.05, 3.63) is 90.1 Å². The minimum Gasteiger partial charge on any atom is -0.496 e. The minimum atomic E-state index is -3.64. The number of fused-ring (bicyclic) bond motifs is 1. The number of nitrogens with zero attached hydrogens (tertiary/aromatic N) is 2. The summed E-state index contributed by atoms with van der Waals surface area (Å²) in [5, 5.41) is 19.4. The van der Waals surface area contributed by atoms with Gasteiger partial charge in [-0.1, -0.05) is 45.0 Å². The van der Waals surface area contributed by atoms with Crippen molar-refractivity contribution in [2.45, 2.75) is 26.2 Å². The first-order chi connectivity index (χ1) is 23.6. The maximum Gasteiger partial charge on any atom is 0.339 e. The molecule has 0 aliphatic carbocycles. The molecule has 50 heavy (non-hydrogen) atoms. The van der Waals surface area contributed by atoms with Gasteiger partial charge in [-0.3, -0.25) is 4.72 Å². The van der Waals surface area contributed by atoms with Gasteiger partial charge >= 0.3 is 12.0 Å². The van der Waals surface area contributed by atoms with Gasteiger partial charge in [0, 0.05) is 34.8 Å². The fraction of sp³-hybridized carbons (Fsp3) is 0.200. The van der Waals surface area contributed by atoms with Crippen molar-refractivity contribution in [2.75, 3.05) is 41.1 Å². The quantitative estimate of drug-likeness (QED) is 0.0937. The number of nitrogens with one attached hydrogen (secondary N) is 4. The van der Waals surface area contributed by atoms with E-state index in [0.29, 0.717) is 27.9 Å². The first-order valence-electron chi connectivity index (χ1n) is 15.1. The molecule has 0 bridgehead atoms. The highest BCUT2D eigenvalue weighted by atomic mass is 32.2. The monoisotopic (exact) mass is 700 g/mol. The Morgan fingerprint density at radius 2 is 1.52 bits per heavy atom. The maximum absolute atomic E-state index is 13.4. The fourth-order valence-corrected chi connectivity index (χ4v) is 5.59. The van der Waals surface area contributed by atoms with Crippen LogP contribution in [-0.4, -0.2) is 56.0 Å². The molecular weight excluding hydrogens is 664 g/mol. The zero-order valence-corrected chi connectivity index (χ0v) is 28.9. The lowest BCUT2D eigenvalue weighted by Crippen LogP contribution is -2.22. The van der Waals surface area contributed by atoms with Crippen molar-refractivity contribution in [2.24, 2.45) is 0 Å². The molecule has 0 atom stereocenters. The predicted molar refractivity (Wildman–Crippen MR) is 192 cm³/mol. The van der Waals surface area contributed by atoms with Crippen LogP contribution in [0.4, 0.5) is 33.5 Å². The van der Waals surface area contributed by atoms with Crippen LogP contribution in [0.1, 0.15) is 36.7 Å². The molecule has 0 saturated carbocycles. The van der Waals surface area contributed by atoms with Crippen LogP contribution in [0.15, 0.2) is 79.0 Å². The number of carbonyl (C=O) groups excluding carboxylic acids is 1. The number of benzene rings is 4. The number of amides is 2. The van der Waals surface area contributed by atoms with E-state index in [0.717, 1.165) is 11.8 Å². The molecule has 0 unspecified atom stereocenters. The Hall–Kier alpha value is -6.09. The first kappa shape index (κ1) is 35.2. The summed E-state index contributed by atoms with van der Waals surface area (Å²) < 4.78 is 43.6. The number of hydrogen-bond acceptors (Lipinski definition) is 10. The minimum absolute atomic E-state index is 0.0175. The number of aromatic carboxylic acids is 1. The summed E-state index contributed by atoms with van der Waals surface area (Å²) in [4.78, 5) is 33.5. The average Bonchev–Trinajstić information content (AvgIpc) is 3.04. The SMILES string of the molecule is COc1cc(Nc2nccc(Oc3ccc(NC(=O)Nc4cc(C(C)(C)C)cc(NS(C)(=O)=O)c4OC)c4ccccc34)n2)ccc1C(=O)O. The lowest BCUT2D eigenvalue weighted by atomic mass is 9.86. The van der Waals surface area contributed by atoms with Crippen LogP contribution < -0.4 is 34.9 Å². The Morgan fingerprint density at radius 1 is 0.820 bits per heavy atom. The molecule has 0 fully saturated rings. The van der Waals surface area contributed by atoms with E-state index < -0.39 is 22.0 Å². The molecule has 4 aromatic carbocycles. The molecule has 1 aromatic heterocycles. The molecule has 2 amide bonds. The van der Waals surface area contributed by atoms with E-state index in [4.69, 9.17) is 14.2 Å². The number of sulfonamides is 1. The number of carbonyl (C=O) groups is 2. The lowest BCUT2D eigenvalue weighted by molar-refractivity contribution is 0.0693. The Bertz CT molecular complexity index is 2200. The fourth-order valence-electron chi connectivity index (χ4n) is 5.04. The van der Waals surface area contributed by atoms with Gasteiger partial charge < -0.3 is 35.3 Å². The molecule has 5 aromatic rings. The molecule has 15 heteroatoms. The smallest absolute Gasteiger partial charge is 0.339 e. The van der Waals surface area contributed by atoms with Gasteiger partial charge in [-0.25, -0.2) is 23.0 Å². The second-order valence-electron chi connectivity index (χ2n) is 12.1. The van der Waals surface area contributed by atoms with Crippen molar-refractivity contribution in [1.82, 2.24) is 9.97 Å². The lowest BCUT2D eigenvalue weighted by Gasteiger charge is -2.24. The van der Waals surface area contributed by atoms with E-state index in [1.54, 1.807) is 36.4 Å². The van der Waals surface area contributed by atoms with Crippen molar-refractivity contribution >= 4 is 61.5 Å². The number of methoxy groups -OCH3 is 2. The van der Waals surface area contributed by atoms with Crippen LogP contribution in [0, 0.1) is 0 Å². The Morgan fingerprint density at radius 3 is 2.18 bits per heavy atom. The number of rotatable bonds is 11. The molecule has 5 rings (SSSR count). The number of carboxylic acid groups (broad SMARTS) is 1. The Labute approximate surface area is 288 Å². The first-order valence-corrected chi connectivity index (χ1v) is 17.0. The molecule has 5 N–H and O–H groups in total. The third-order valence-electron chi connectivity index (χ3n) is 7.37. The van der Waals surface area contributed by atoms with Crippen LogP contribution in [0.25, 0.3) is 10.8 Å². The average molecular weight is 701 g/mol. The van der Waals surface area contributed by atoms with E-state index in [-0.39, 0.29) is 45.7 Å². The van der Waals surface area contributed by atoms with Gasteiger partial charge in [-0.05, 0) is 47.4 Å². The highest BCUT2D eigenvalue weighted by Gasteiger charge is 2.23. The van der Waals surface area contributed by atoms with Crippen LogP contribution in [0.5, 0.6) is 23.1 Å². The largest absolute Gasteiger partial charge is 0.496 e. The van der Waals surface area contributed by atoms with E-state index in [1.165, 1.54) is 32.5 Å². The number of aromatic nitrogens is 2. The Balaban J connectivity index is 1.39. The van der Waals surface area contributed by atoms with Gasteiger partial charge in [0.15, 0.2) is 5.75 Å².